The average molecular weight is 332 g/mol. The molecule has 2 aromatic carbocycles. The minimum Gasteiger partial charge on any atom is -0.492 e. The van der Waals surface area contributed by atoms with Gasteiger partial charge < -0.3 is 15.4 Å². The number of nitriles is 1. The van der Waals surface area contributed by atoms with Gasteiger partial charge in [-0.1, -0.05) is 12.1 Å². The molecule has 0 spiro atoms. The Labute approximate surface area is 145 Å². The molecule has 0 fully saturated rings. The first-order chi connectivity index (χ1) is 12.3. The molecule has 0 saturated heterocycles. The standard InChI is InChI=1S/C18H16N6O/c1-2-25-16-6-4-3-5-15(16)22-18-23-17(12-20-24-18)21-14-9-7-13(11-19)8-10-14/h3-10,12H,2H2,1H3,(H2,21,22,23,24). The Hall–Kier alpha value is -3.66. The lowest BCUT2D eigenvalue weighted by Crippen LogP contribution is -2.04. The van der Waals surface area contributed by atoms with Gasteiger partial charge in [-0.25, -0.2) is 0 Å². The van der Waals surface area contributed by atoms with E-state index in [0.717, 1.165) is 17.1 Å². The number of ether oxygens (including phenoxy) is 1. The fourth-order valence-corrected chi connectivity index (χ4v) is 2.16. The molecule has 2 N–H and O–H groups in total. The molecule has 0 saturated carbocycles. The summed E-state index contributed by atoms with van der Waals surface area (Å²) in [7, 11) is 0. The highest BCUT2D eigenvalue weighted by Gasteiger charge is 2.06. The molecule has 0 amide bonds. The Morgan fingerprint density at radius 2 is 1.88 bits per heavy atom. The van der Waals surface area contributed by atoms with E-state index >= 15 is 0 Å². The van der Waals surface area contributed by atoms with Crippen molar-refractivity contribution in [2.45, 2.75) is 6.92 Å². The van der Waals surface area contributed by atoms with E-state index in [1.807, 2.05) is 31.2 Å². The normalized spacial score (nSPS) is 9.92. The van der Waals surface area contributed by atoms with Gasteiger partial charge in [-0.05, 0) is 43.3 Å². The van der Waals surface area contributed by atoms with E-state index in [0.29, 0.717) is 23.9 Å². The lowest BCUT2D eigenvalue weighted by atomic mass is 10.2. The predicted molar refractivity (Wildman–Crippen MR) is 95.2 cm³/mol. The second-order valence-corrected chi connectivity index (χ2v) is 5.03. The second kappa shape index (κ2) is 7.75. The third-order valence-electron chi connectivity index (χ3n) is 3.28. The molecular weight excluding hydrogens is 316 g/mol. The molecule has 7 nitrogen and oxygen atoms in total. The van der Waals surface area contributed by atoms with Gasteiger partial charge in [0.05, 0.1) is 30.1 Å². The first kappa shape index (κ1) is 16.2. The summed E-state index contributed by atoms with van der Waals surface area (Å²) in [5.74, 6) is 1.61. The Kier molecular flexibility index (Phi) is 5.02. The van der Waals surface area contributed by atoms with Crippen LogP contribution in [-0.4, -0.2) is 21.8 Å². The fourth-order valence-electron chi connectivity index (χ4n) is 2.16. The van der Waals surface area contributed by atoms with Crippen LogP contribution in [0.1, 0.15) is 12.5 Å². The maximum absolute atomic E-state index is 8.84. The Bertz CT molecular complexity index is 889. The Morgan fingerprint density at radius 1 is 1.08 bits per heavy atom. The zero-order chi connectivity index (χ0) is 17.5. The Morgan fingerprint density at radius 3 is 2.64 bits per heavy atom. The van der Waals surface area contributed by atoms with Crippen LogP contribution < -0.4 is 15.4 Å². The van der Waals surface area contributed by atoms with Crippen LogP contribution >= 0.6 is 0 Å². The molecule has 25 heavy (non-hydrogen) atoms. The van der Waals surface area contributed by atoms with Crippen molar-refractivity contribution in [3.05, 3.63) is 60.3 Å². The van der Waals surface area contributed by atoms with Crippen molar-refractivity contribution < 1.29 is 4.74 Å². The van der Waals surface area contributed by atoms with Gasteiger partial charge in [-0.2, -0.15) is 15.3 Å². The summed E-state index contributed by atoms with van der Waals surface area (Å²) in [6.07, 6.45) is 1.53. The number of nitrogens with one attached hydrogen (secondary N) is 2. The zero-order valence-electron chi connectivity index (χ0n) is 13.6. The maximum Gasteiger partial charge on any atom is 0.249 e. The zero-order valence-corrected chi connectivity index (χ0v) is 13.6. The number of nitrogens with zero attached hydrogens (tertiary/aromatic N) is 4. The molecule has 0 bridgehead atoms. The smallest absolute Gasteiger partial charge is 0.249 e. The second-order valence-electron chi connectivity index (χ2n) is 5.03. The molecule has 1 heterocycles. The summed E-state index contributed by atoms with van der Waals surface area (Å²) in [6.45, 7) is 2.50. The monoisotopic (exact) mass is 332 g/mol. The van der Waals surface area contributed by atoms with Gasteiger partial charge >= 0.3 is 0 Å². The molecule has 0 aliphatic heterocycles. The van der Waals surface area contributed by atoms with Crippen molar-refractivity contribution in [2.75, 3.05) is 17.2 Å². The number of hydrogen-bond donors (Lipinski definition) is 2. The van der Waals surface area contributed by atoms with Gasteiger partial charge in [0.25, 0.3) is 0 Å². The fraction of sp³-hybridized carbons (Fsp3) is 0.111. The van der Waals surface area contributed by atoms with E-state index in [1.54, 1.807) is 24.3 Å². The number of para-hydroxylation sites is 2. The van der Waals surface area contributed by atoms with Crippen LogP contribution in [0.5, 0.6) is 5.75 Å². The minimum atomic E-state index is 0.353. The number of anilines is 4. The summed E-state index contributed by atoms with van der Waals surface area (Å²) < 4.78 is 5.58. The van der Waals surface area contributed by atoms with Gasteiger partial charge in [0.2, 0.25) is 5.95 Å². The Balaban J connectivity index is 1.76. The third-order valence-corrected chi connectivity index (χ3v) is 3.28. The van der Waals surface area contributed by atoms with E-state index in [-0.39, 0.29) is 0 Å². The molecule has 3 aromatic rings. The molecule has 0 atom stereocenters. The van der Waals surface area contributed by atoms with E-state index in [2.05, 4.69) is 31.9 Å². The van der Waals surface area contributed by atoms with Crippen molar-refractivity contribution in [1.29, 1.82) is 5.26 Å². The van der Waals surface area contributed by atoms with Crippen molar-refractivity contribution in [1.82, 2.24) is 15.2 Å². The number of aromatic nitrogens is 3. The highest BCUT2D eigenvalue weighted by molar-refractivity contribution is 5.63. The molecule has 0 unspecified atom stereocenters. The van der Waals surface area contributed by atoms with Crippen molar-refractivity contribution >= 4 is 23.1 Å². The molecule has 124 valence electrons. The first-order valence-electron chi connectivity index (χ1n) is 7.74. The topological polar surface area (TPSA) is 95.8 Å². The minimum absolute atomic E-state index is 0.353. The summed E-state index contributed by atoms with van der Waals surface area (Å²) in [6, 6.07) is 16.7. The van der Waals surface area contributed by atoms with Crippen LogP contribution in [0.4, 0.5) is 23.1 Å². The molecular formula is C18H16N6O. The number of rotatable bonds is 6. The highest BCUT2D eigenvalue weighted by Crippen LogP contribution is 2.26. The average Bonchev–Trinajstić information content (AvgIpc) is 2.65. The van der Waals surface area contributed by atoms with Crippen molar-refractivity contribution in [3.63, 3.8) is 0 Å². The SMILES string of the molecule is CCOc1ccccc1Nc1nncc(Nc2ccc(C#N)cc2)n1. The molecule has 7 heteroatoms. The largest absolute Gasteiger partial charge is 0.492 e. The highest BCUT2D eigenvalue weighted by atomic mass is 16.5. The van der Waals surface area contributed by atoms with E-state index < -0.39 is 0 Å². The van der Waals surface area contributed by atoms with Crippen LogP contribution in [0.15, 0.2) is 54.7 Å². The number of benzene rings is 2. The van der Waals surface area contributed by atoms with Gasteiger partial charge in [-0.15, -0.1) is 5.10 Å². The predicted octanol–water partition coefficient (Wildman–Crippen LogP) is 3.63. The van der Waals surface area contributed by atoms with Gasteiger partial charge in [0, 0.05) is 5.69 Å². The van der Waals surface area contributed by atoms with E-state index in [1.165, 1.54) is 6.20 Å². The third kappa shape index (κ3) is 4.20. The quantitative estimate of drug-likeness (QED) is 0.711. The lowest BCUT2D eigenvalue weighted by molar-refractivity contribution is 0.342. The van der Waals surface area contributed by atoms with Crippen molar-refractivity contribution in [2.24, 2.45) is 0 Å². The molecule has 1 aromatic heterocycles. The van der Waals surface area contributed by atoms with Crippen LogP contribution in [0.3, 0.4) is 0 Å². The summed E-state index contributed by atoms with van der Waals surface area (Å²) >= 11 is 0. The molecule has 3 rings (SSSR count). The summed E-state index contributed by atoms with van der Waals surface area (Å²) in [4.78, 5) is 4.39. The van der Waals surface area contributed by atoms with E-state index in [4.69, 9.17) is 10.00 Å². The number of hydrogen-bond acceptors (Lipinski definition) is 7. The van der Waals surface area contributed by atoms with Crippen LogP contribution in [0.2, 0.25) is 0 Å². The van der Waals surface area contributed by atoms with E-state index in [9.17, 15) is 0 Å². The van der Waals surface area contributed by atoms with Crippen LogP contribution in [0, 0.1) is 11.3 Å². The van der Waals surface area contributed by atoms with Crippen LogP contribution in [-0.2, 0) is 0 Å². The summed E-state index contributed by atoms with van der Waals surface area (Å²) in [5, 5.41) is 23.0. The first-order valence-corrected chi connectivity index (χ1v) is 7.74. The van der Waals surface area contributed by atoms with Gasteiger partial charge in [-0.3, -0.25) is 0 Å². The summed E-state index contributed by atoms with van der Waals surface area (Å²) in [5.41, 5.74) is 2.17. The lowest BCUT2D eigenvalue weighted by Gasteiger charge is -2.11. The molecule has 0 aliphatic rings. The maximum atomic E-state index is 8.84. The molecule has 0 aliphatic carbocycles. The van der Waals surface area contributed by atoms with Gasteiger partial charge in [0.1, 0.15) is 5.75 Å². The van der Waals surface area contributed by atoms with Crippen LogP contribution in [0.25, 0.3) is 0 Å². The molecule has 0 radical (unpaired) electrons. The van der Waals surface area contributed by atoms with Crippen molar-refractivity contribution in [3.8, 4) is 11.8 Å². The van der Waals surface area contributed by atoms with Gasteiger partial charge in [0.15, 0.2) is 5.82 Å².